The van der Waals surface area contributed by atoms with Crippen molar-refractivity contribution in [3.8, 4) is 0 Å². The summed E-state index contributed by atoms with van der Waals surface area (Å²) in [5.41, 5.74) is 1.20. The minimum absolute atomic E-state index is 0.0716. The van der Waals surface area contributed by atoms with Crippen LogP contribution < -0.4 is 5.56 Å². The van der Waals surface area contributed by atoms with Gasteiger partial charge in [0, 0.05) is 10.9 Å². The summed E-state index contributed by atoms with van der Waals surface area (Å²) in [4.78, 5) is 54.6. The molecule has 0 aliphatic carbocycles. The molecule has 2 fully saturated rings. The zero-order valence-electron chi connectivity index (χ0n) is 20.3. The van der Waals surface area contributed by atoms with Crippen LogP contribution in [0.2, 0.25) is 0 Å². The van der Waals surface area contributed by atoms with Crippen LogP contribution >= 0.6 is 0 Å². The van der Waals surface area contributed by atoms with Crippen LogP contribution in [0.3, 0.4) is 0 Å². The summed E-state index contributed by atoms with van der Waals surface area (Å²) in [5.74, 6) is -1.02. The number of amides is 3. The van der Waals surface area contributed by atoms with Crippen molar-refractivity contribution in [3.63, 3.8) is 0 Å². The van der Waals surface area contributed by atoms with Crippen molar-refractivity contribution < 1.29 is 24.2 Å². The topological polar surface area (TPSA) is 122 Å². The molecule has 2 saturated heterocycles. The lowest BCUT2D eigenvalue weighted by atomic mass is 10.1. The Morgan fingerprint density at radius 3 is 2.30 bits per heavy atom. The number of morpholine rings is 1. The summed E-state index contributed by atoms with van der Waals surface area (Å²) in [7, 11) is 0. The number of nitrogens with zero attached hydrogens (tertiary/aromatic N) is 4. The Hall–Kier alpha value is -3.89. The molecule has 0 radical (unpaired) electrons. The predicted octanol–water partition coefficient (Wildman–Crippen LogP) is 1.37. The lowest BCUT2D eigenvalue weighted by Crippen LogP contribution is -2.49. The molecule has 3 unspecified atom stereocenters. The molecular formula is C27H26N4O6. The molecule has 1 N–H and O–H groups in total. The highest BCUT2D eigenvalue weighted by molar-refractivity contribution is 6.21. The van der Waals surface area contributed by atoms with Crippen molar-refractivity contribution >= 4 is 28.5 Å². The summed E-state index contributed by atoms with van der Waals surface area (Å²) in [5, 5.41) is 16.0. The van der Waals surface area contributed by atoms with Crippen LogP contribution in [0, 0.1) is 6.92 Å². The van der Waals surface area contributed by atoms with Gasteiger partial charge in [0.05, 0.1) is 66.7 Å². The fraction of sp³-hybridized carbons (Fsp3) is 0.370. The minimum atomic E-state index is -1.19. The first-order valence-electron chi connectivity index (χ1n) is 12.4. The molecule has 3 atom stereocenters. The summed E-state index contributed by atoms with van der Waals surface area (Å²) in [6.45, 7) is 2.38. The van der Waals surface area contributed by atoms with Crippen LogP contribution in [0.4, 0.5) is 0 Å². The zero-order chi connectivity index (χ0) is 25.8. The third kappa shape index (κ3) is 3.84. The fourth-order valence-corrected chi connectivity index (χ4v) is 5.69. The van der Waals surface area contributed by atoms with Crippen molar-refractivity contribution in [1.29, 1.82) is 0 Å². The normalized spacial score (nSPS) is 21.6. The smallest absolute Gasteiger partial charge is 0.274 e. The Bertz CT molecular complexity index is 1460. The first-order chi connectivity index (χ1) is 17.8. The highest BCUT2D eigenvalue weighted by atomic mass is 16.5. The highest BCUT2D eigenvalue weighted by Crippen LogP contribution is 2.31. The van der Waals surface area contributed by atoms with E-state index in [0.29, 0.717) is 46.4 Å². The molecule has 3 aliphatic heterocycles. The van der Waals surface area contributed by atoms with E-state index >= 15 is 0 Å². The second-order valence-electron chi connectivity index (χ2n) is 9.89. The molecule has 0 spiro atoms. The predicted molar refractivity (Wildman–Crippen MR) is 132 cm³/mol. The number of carbonyl (C=O) groups is 3. The molecule has 3 aromatic rings. The van der Waals surface area contributed by atoms with Crippen molar-refractivity contribution in [3.05, 3.63) is 75.2 Å². The van der Waals surface area contributed by atoms with E-state index < -0.39 is 23.5 Å². The van der Waals surface area contributed by atoms with Crippen LogP contribution in [0.5, 0.6) is 0 Å². The van der Waals surface area contributed by atoms with Crippen molar-refractivity contribution in [2.24, 2.45) is 0 Å². The van der Waals surface area contributed by atoms with Crippen LogP contribution in [0.25, 0.3) is 10.8 Å². The van der Waals surface area contributed by atoms with Gasteiger partial charge in [0.15, 0.2) is 0 Å². The number of fused-ring (bicyclic) bond motifs is 4. The van der Waals surface area contributed by atoms with Gasteiger partial charge in [-0.15, -0.1) is 0 Å². The molecule has 0 saturated carbocycles. The SMILES string of the molecule is Cc1nn(CC(O)CN2C(=O)c3ccccc3C2=O)c(=O)c2ccc(C(=O)N3C4CCC3COC4)cc12. The average Bonchev–Trinajstić information content (AvgIpc) is 3.29. The molecule has 10 heteroatoms. The van der Waals surface area contributed by atoms with E-state index in [1.165, 1.54) is 0 Å². The van der Waals surface area contributed by atoms with E-state index in [-0.39, 0.29) is 31.1 Å². The largest absolute Gasteiger partial charge is 0.389 e. The van der Waals surface area contributed by atoms with Crippen LogP contribution in [0.15, 0.2) is 47.3 Å². The molecule has 4 heterocycles. The monoisotopic (exact) mass is 502 g/mol. The first-order valence-corrected chi connectivity index (χ1v) is 12.4. The van der Waals surface area contributed by atoms with Gasteiger partial charge >= 0.3 is 0 Å². The standard InChI is InChI=1S/C27H26N4O6/c1-15-23-10-16(24(33)31-17-7-8-18(31)14-37-13-17)6-9-22(23)27(36)30(28-15)12-19(32)11-29-25(34)20-4-2-3-5-21(20)26(29)35/h2-6,9-10,17-19,32H,7-8,11-14H2,1H3. The number of aliphatic hydroxyl groups excluding tert-OH is 1. The Labute approximate surface area is 212 Å². The molecule has 190 valence electrons. The Balaban J connectivity index is 1.23. The average molecular weight is 503 g/mol. The Morgan fingerprint density at radius 2 is 1.65 bits per heavy atom. The van der Waals surface area contributed by atoms with E-state index in [4.69, 9.17) is 4.74 Å². The second-order valence-corrected chi connectivity index (χ2v) is 9.89. The number of imide groups is 1. The number of hydrogen-bond acceptors (Lipinski definition) is 7. The number of hydrogen-bond donors (Lipinski definition) is 1. The minimum Gasteiger partial charge on any atom is -0.389 e. The maximum absolute atomic E-state index is 13.3. The van der Waals surface area contributed by atoms with Crippen LogP contribution in [0.1, 0.15) is 49.6 Å². The number of rotatable bonds is 5. The van der Waals surface area contributed by atoms with Gasteiger partial charge < -0.3 is 14.7 Å². The van der Waals surface area contributed by atoms with Gasteiger partial charge in [-0.05, 0) is 50.1 Å². The second kappa shape index (κ2) is 8.89. The third-order valence-electron chi connectivity index (χ3n) is 7.52. The summed E-state index contributed by atoms with van der Waals surface area (Å²) >= 11 is 0. The van der Waals surface area contributed by atoms with Crippen molar-refractivity contribution in [2.45, 2.75) is 44.5 Å². The Morgan fingerprint density at radius 1 is 1.00 bits per heavy atom. The number of aliphatic hydroxyl groups is 1. The van der Waals surface area contributed by atoms with Crippen LogP contribution in [-0.2, 0) is 11.3 Å². The molecule has 1 aromatic heterocycles. The van der Waals surface area contributed by atoms with E-state index in [0.717, 1.165) is 22.4 Å². The number of aromatic nitrogens is 2. The maximum Gasteiger partial charge on any atom is 0.274 e. The van der Waals surface area contributed by atoms with Gasteiger partial charge in [0.2, 0.25) is 0 Å². The van der Waals surface area contributed by atoms with Gasteiger partial charge in [-0.2, -0.15) is 5.10 Å². The van der Waals surface area contributed by atoms with Gasteiger partial charge in [0.25, 0.3) is 23.3 Å². The summed E-state index contributed by atoms with van der Waals surface area (Å²) in [6, 6.07) is 11.6. The molecule has 6 rings (SSSR count). The van der Waals surface area contributed by atoms with Gasteiger partial charge in [0.1, 0.15) is 0 Å². The van der Waals surface area contributed by atoms with E-state index in [1.54, 1.807) is 49.4 Å². The zero-order valence-corrected chi connectivity index (χ0v) is 20.3. The molecule has 2 bridgehead atoms. The van der Waals surface area contributed by atoms with Crippen LogP contribution in [-0.4, -0.2) is 80.4 Å². The van der Waals surface area contributed by atoms with Crippen molar-refractivity contribution in [2.75, 3.05) is 19.8 Å². The number of aryl methyl sites for hydroxylation is 1. The summed E-state index contributed by atoms with van der Waals surface area (Å²) in [6.07, 6.45) is 0.665. The molecule has 2 aromatic carbocycles. The summed E-state index contributed by atoms with van der Waals surface area (Å²) < 4.78 is 6.73. The van der Waals surface area contributed by atoms with E-state index in [1.807, 2.05) is 4.90 Å². The van der Waals surface area contributed by atoms with Gasteiger partial charge in [-0.1, -0.05) is 12.1 Å². The highest BCUT2D eigenvalue weighted by Gasteiger charge is 2.41. The Kier molecular flexibility index (Phi) is 5.65. The third-order valence-corrected chi connectivity index (χ3v) is 7.52. The maximum atomic E-state index is 13.3. The fourth-order valence-electron chi connectivity index (χ4n) is 5.69. The lowest BCUT2D eigenvalue weighted by Gasteiger charge is -2.34. The van der Waals surface area contributed by atoms with Gasteiger partial charge in [-0.3, -0.25) is 24.1 Å². The van der Waals surface area contributed by atoms with Crippen molar-refractivity contribution in [1.82, 2.24) is 19.6 Å². The first kappa shape index (κ1) is 23.5. The number of benzene rings is 2. The van der Waals surface area contributed by atoms with E-state index in [2.05, 4.69) is 5.10 Å². The number of carbonyl (C=O) groups excluding carboxylic acids is 3. The molecule has 3 amide bonds. The molecule has 10 nitrogen and oxygen atoms in total. The molecule has 3 aliphatic rings. The molecular weight excluding hydrogens is 476 g/mol. The quantitative estimate of drug-likeness (QED) is 0.523. The number of ether oxygens (including phenoxy) is 1. The lowest BCUT2D eigenvalue weighted by molar-refractivity contribution is -0.00715. The number of β-amino-alcohol motifs (C(OH)–C–C–N with tert-alkyl or cyclic N) is 1. The molecule has 37 heavy (non-hydrogen) atoms. The van der Waals surface area contributed by atoms with Gasteiger partial charge in [-0.25, -0.2) is 4.68 Å². The van der Waals surface area contributed by atoms with E-state index in [9.17, 15) is 24.3 Å².